The Labute approximate surface area is 151 Å². The second kappa shape index (κ2) is 8.32. The van der Waals surface area contributed by atoms with Gasteiger partial charge in [-0.2, -0.15) is 0 Å². The number of aryl methyl sites for hydroxylation is 2. The Morgan fingerprint density at radius 1 is 1.28 bits per heavy atom. The minimum absolute atomic E-state index is 0.206. The topological polar surface area (TPSA) is 50.6 Å². The summed E-state index contributed by atoms with van der Waals surface area (Å²) in [5, 5.41) is 0. The summed E-state index contributed by atoms with van der Waals surface area (Å²) in [6, 6.07) is 0.360. The smallest absolute Gasteiger partial charge is 0.237 e. The van der Waals surface area contributed by atoms with Crippen LogP contribution in [0.3, 0.4) is 0 Å². The number of likely N-dealkylation sites (tertiary alicyclic amines) is 1. The van der Waals surface area contributed by atoms with E-state index >= 15 is 0 Å². The van der Waals surface area contributed by atoms with Gasteiger partial charge in [0.05, 0.1) is 18.8 Å². The van der Waals surface area contributed by atoms with Crippen molar-refractivity contribution in [3.05, 3.63) is 18.2 Å². The molecule has 0 saturated carbocycles. The number of morpholine rings is 1. The fourth-order valence-corrected chi connectivity index (χ4v) is 4.25. The third-order valence-electron chi connectivity index (χ3n) is 5.43. The second-order valence-corrected chi connectivity index (χ2v) is 7.64. The Kier molecular flexibility index (Phi) is 6.12. The number of imidazole rings is 1. The van der Waals surface area contributed by atoms with Crippen LogP contribution in [-0.2, 0) is 16.1 Å². The fourth-order valence-electron chi connectivity index (χ4n) is 4.25. The molecule has 140 valence electrons. The molecule has 1 amide bonds. The SMILES string of the molecule is Cc1nccn1CCC1CCCCN1C(=O)CN1C[C@@H](C)O[C@@H](C)C1. The van der Waals surface area contributed by atoms with E-state index in [0.29, 0.717) is 12.6 Å². The fraction of sp³-hybridized carbons (Fsp3) is 0.789. The minimum atomic E-state index is 0.206. The molecule has 1 aromatic heterocycles. The molecular weight excluding hydrogens is 316 g/mol. The van der Waals surface area contributed by atoms with Crippen LogP contribution in [0, 0.1) is 6.92 Å². The van der Waals surface area contributed by atoms with Crippen LogP contribution >= 0.6 is 0 Å². The molecule has 1 aromatic rings. The average Bonchev–Trinajstić information content (AvgIpc) is 2.97. The summed E-state index contributed by atoms with van der Waals surface area (Å²) in [6.07, 6.45) is 8.77. The van der Waals surface area contributed by atoms with Crippen LogP contribution in [-0.4, -0.2) is 69.7 Å². The quantitative estimate of drug-likeness (QED) is 0.817. The van der Waals surface area contributed by atoms with Gasteiger partial charge >= 0.3 is 0 Å². The Morgan fingerprint density at radius 2 is 2.04 bits per heavy atom. The largest absolute Gasteiger partial charge is 0.373 e. The van der Waals surface area contributed by atoms with Crippen LogP contribution in [0.5, 0.6) is 0 Å². The van der Waals surface area contributed by atoms with E-state index in [9.17, 15) is 4.79 Å². The van der Waals surface area contributed by atoms with Crippen molar-refractivity contribution in [2.75, 3.05) is 26.2 Å². The molecule has 6 nitrogen and oxygen atoms in total. The van der Waals surface area contributed by atoms with Crippen molar-refractivity contribution in [1.29, 1.82) is 0 Å². The monoisotopic (exact) mass is 348 g/mol. The molecule has 25 heavy (non-hydrogen) atoms. The third-order valence-corrected chi connectivity index (χ3v) is 5.43. The summed E-state index contributed by atoms with van der Waals surface area (Å²) in [5.41, 5.74) is 0. The van der Waals surface area contributed by atoms with E-state index in [1.807, 2.05) is 19.3 Å². The number of aromatic nitrogens is 2. The van der Waals surface area contributed by atoms with Gasteiger partial charge in [-0.05, 0) is 46.5 Å². The molecular formula is C19H32N4O2. The maximum Gasteiger partial charge on any atom is 0.237 e. The van der Waals surface area contributed by atoms with Crippen molar-refractivity contribution in [3.63, 3.8) is 0 Å². The molecule has 0 bridgehead atoms. The second-order valence-electron chi connectivity index (χ2n) is 7.64. The van der Waals surface area contributed by atoms with E-state index in [-0.39, 0.29) is 18.1 Å². The number of nitrogens with zero attached hydrogens (tertiary/aromatic N) is 4. The van der Waals surface area contributed by atoms with E-state index in [4.69, 9.17) is 4.74 Å². The molecule has 0 radical (unpaired) electrons. The van der Waals surface area contributed by atoms with Gasteiger partial charge in [0.2, 0.25) is 5.91 Å². The molecule has 3 heterocycles. The van der Waals surface area contributed by atoms with E-state index < -0.39 is 0 Å². The summed E-state index contributed by atoms with van der Waals surface area (Å²) in [5.74, 6) is 1.33. The van der Waals surface area contributed by atoms with Gasteiger partial charge in [0.25, 0.3) is 0 Å². The Hall–Kier alpha value is -1.40. The zero-order valence-electron chi connectivity index (χ0n) is 15.9. The molecule has 1 unspecified atom stereocenters. The lowest BCUT2D eigenvalue weighted by molar-refractivity contribution is -0.139. The third kappa shape index (κ3) is 4.82. The maximum atomic E-state index is 12.9. The highest BCUT2D eigenvalue weighted by molar-refractivity contribution is 5.78. The molecule has 2 fully saturated rings. The summed E-state index contributed by atoms with van der Waals surface area (Å²) < 4.78 is 7.96. The normalized spacial score (nSPS) is 28.3. The minimum Gasteiger partial charge on any atom is -0.373 e. The molecule has 2 aliphatic rings. The number of carbonyl (C=O) groups is 1. The summed E-state index contributed by atoms with van der Waals surface area (Å²) in [6.45, 7) is 10.3. The highest BCUT2D eigenvalue weighted by Crippen LogP contribution is 2.21. The lowest BCUT2D eigenvalue weighted by atomic mass is 9.99. The first-order valence-electron chi connectivity index (χ1n) is 9.68. The van der Waals surface area contributed by atoms with Crippen LogP contribution < -0.4 is 0 Å². The first-order valence-corrected chi connectivity index (χ1v) is 9.68. The maximum absolute atomic E-state index is 12.9. The van der Waals surface area contributed by atoms with Crippen molar-refractivity contribution in [3.8, 4) is 0 Å². The zero-order valence-corrected chi connectivity index (χ0v) is 15.9. The number of amides is 1. The van der Waals surface area contributed by atoms with Gasteiger partial charge in [-0.25, -0.2) is 4.98 Å². The van der Waals surface area contributed by atoms with Crippen LogP contribution in [0.15, 0.2) is 12.4 Å². The average molecular weight is 348 g/mol. The lowest BCUT2D eigenvalue weighted by Crippen LogP contribution is -2.52. The van der Waals surface area contributed by atoms with E-state index in [2.05, 4.69) is 33.2 Å². The van der Waals surface area contributed by atoms with E-state index in [0.717, 1.165) is 51.3 Å². The Bertz CT molecular complexity index is 564. The first kappa shape index (κ1) is 18.4. The first-order chi connectivity index (χ1) is 12.0. The summed E-state index contributed by atoms with van der Waals surface area (Å²) >= 11 is 0. The number of hydrogen-bond donors (Lipinski definition) is 0. The molecule has 3 rings (SSSR count). The van der Waals surface area contributed by atoms with Crippen LogP contribution in [0.1, 0.15) is 45.4 Å². The summed E-state index contributed by atoms with van der Waals surface area (Å²) in [4.78, 5) is 21.6. The molecule has 3 atom stereocenters. The number of ether oxygens (including phenoxy) is 1. The Morgan fingerprint density at radius 3 is 2.72 bits per heavy atom. The molecule has 2 aliphatic heterocycles. The number of carbonyl (C=O) groups excluding carboxylic acids is 1. The molecule has 2 saturated heterocycles. The van der Waals surface area contributed by atoms with Crippen molar-refractivity contribution in [2.45, 2.75) is 71.2 Å². The van der Waals surface area contributed by atoms with Crippen molar-refractivity contribution < 1.29 is 9.53 Å². The van der Waals surface area contributed by atoms with Crippen LogP contribution in [0.4, 0.5) is 0 Å². The lowest BCUT2D eigenvalue weighted by Gasteiger charge is -2.39. The van der Waals surface area contributed by atoms with Crippen molar-refractivity contribution in [1.82, 2.24) is 19.4 Å². The van der Waals surface area contributed by atoms with Crippen LogP contribution in [0.2, 0.25) is 0 Å². The zero-order chi connectivity index (χ0) is 17.8. The van der Waals surface area contributed by atoms with E-state index in [1.54, 1.807) is 0 Å². The number of hydrogen-bond acceptors (Lipinski definition) is 4. The number of rotatable bonds is 5. The highest BCUT2D eigenvalue weighted by Gasteiger charge is 2.30. The summed E-state index contributed by atoms with van der Waals surface area (Å²) in [7, 11) is 0. The van der Waals surface area contributed by atoms with Gasteiger partial charge in [0, 0.05) is 44.6 Å². The highest BCUT2D eigenvalue weighted by atomic mass is 16.5. The van der Waals surface area contributed by atoms with Gasteiger partial charge in [0.1, 0.15) is 5.82 Å². The number of piperidine rings is 1. The molecule has 0 aromatic carbocycles. The van der Waals surface area contributed by atoms with Gasteiger partial charge in [-0.3, -0.25) is 9.69 Å². The predicted molar refractivity (Wildman–Crippen MR) is 97.4 cm³/mol. The van der Waals surface area contributed by atoms with Gasteiger partial charge < -0.3 is 14.2 Å². The molecule has 0 spiro atoms. The standard InChI is InChI=1S/C19H32N4O2/c1-15-12-21(13-16(2)25-15)14-19(24)23-9-5-4-6-18(23)7-10-22-11-8-20-17(22)3/h8,11,15-16,18H,4-7,9-10,12-14H2,1-3H3/t15-,16+,18?. The van der Waals surface area contributed by atoms with Gasteiger partial charge in [0.15, 0.2) is 0 Å². The van der Waals surface area contributed by atoms with Gasteiger partial charge in [-0.15, -0.1) is 0 Å². The van der Waals surface area contributed by atoms with Crippen LogP contribution in [0.25, 0.3) is 0 Å². The van der Waals surface area contributed by atoms with Crippen molar-refractivity contribution >= 4 is 5.91 Å². The molecule has 0 aliphatic carbocycles. The van der Waals surface area contributed by atoms with Gasteiger partial charge in [-0.1, -0.05) is 0 Å². The predicted octanol–water partition coefficient (Wildman–Crippen LogP) is 2.07. The van der Waals surface area contributed by atoms with Crippen molar-refractivity contribution in [2.24, 2.45) is 0 Å². The molecule has 6 heteroatoms. The van der Waals surface area contributed by atoms with E-state index in [1.165, 1.54) is 6.42 Å². The Balaban J connectivity index is 1.56. The molecule has 0 N–H and O–H groups in total.